The van der Waals surface area contributed by atoms with Crippen molar-refractivity contribution in [3.8, 4) is 0 Å². The van der Waals surface area contributed by atoms with E-state index < -0.39 is 0 Å². The number of anilines is 1. The molecule has 2 heteroatoms. The number of rotatable bonds is 4. The Morgan fingerprint density at radius 2 is 1.71 bits per heavy atom. The maximum atomic E-state index is 4.60. The Morgan fingerprint density at radius 3 is 2.57 bits per heavy atom. The molecule has 0 aliphatic carbocycles. The molecule has 0 spiro atoms. The van der Waals surface area contributed by atoms with Crippen molar-refractivity contribution in [3.05, 3.63) is 71.4 Å². The summed E-state index contributed by atoms with van der Waals surface area (Å²) in [7, 11) is 0. The number of hydrogen-bond donors (Lipinski definition) is 1. The third-order valence-electron chi connectivity index (χ3n) is 3.80. The number of nitrogens with zero attached hydrogens (tertiary/aromatic N) is 1. The van der Waals surface area contributed by atoms with E-state index in [2.05, 4.69) is 72.7 Å². The summed E-state index contributed by atoms with van der Waals surface area (Å²) in [6.45, 7) is 5.06. The van der Waals surface area contributed by atoms with Gasteiger partial charge in [0.1, 0.15) is 0 Å². The Morgan fingerprint density at radius 1 is 0.952 bits per heavy atom. The van der Waals surface area contributed by atoms with Crippen LogP contribution in [0.15, 0.2) is 54.6 Å². The van der Waals surface area contributed by atoms with E-state index in [0.717, 1.165) is 24.2 Å². The molecule has 0 amide bonds. The second kappa shape index (κ2) is 5.96. The number of aromatic nitrogens is 1. The molecule has 0 saturated heterocycles. The highest BCUT2D eigenvalue weighted by atomic mass is 14.9. The first-order valence-corrected chi connectivity index (χ1v) is 7.45. The van der Waals surface area contributed by atoms with Gasteiger partial charge < -0.3 is 5.32 Å². The minimum absolute atomic E-state index is 0.820. The van der Waals surface area contributed by atoms with Crippen molar-refractivity contribution >= 4 is 16.6 Å². The predicted molar refractivity (Wildman–Crippen MR) is 89.6 cm³/mol. The third kappa shape index (κ3) is 2.89. The molecule has 1 N–H and O–H groups in total. The molecular weight excluding hydrogens is 256 g/mol. The van der Waals surface area contributed by atoms with Crippen LogP contribution in [0.4, 0.5) is 5.69 Å². The van der Waals surface area contributed by atoms with E-state index in [0.29, 0.717) is 0 Å². The van der Waals surface area contributed by atoms with Gasteiger partial charge in [-0.1, -0.05) is 43.3 Å². The molecule has 0 aliphatic rings. The van der Waals surface area contributed by atoms with Crippen molar-refractivity contribution in [1.29, 1.82) is 0 Å². The first-order valence-electron chi connectivity index (χ1n) is 7.45. The Kier molecular flexibility index (Phi) is 3.87. The summed E-state index contributed by atoms with van der Waals surface area (Å²) in [5.74, 6) is 0. The number of pyridine rings is 1. The van der Waals surface area contributed by atoms with E-state index in [-0.39, 0.29) is 0 Å². The fourth-order valence-corrected chi connectivity index (χ4v) is 2.73. The van der Waals surface area contributed by atoms with Crippen LogP contribution in [0.3, 0.4) is 0 Å². The van der Waals surface area contributed by atoms with Gasteiger partial charge in [0.05, 0.1) is 5.52 Å². The van der Waals surface area contributed by atoms with E-state index in [4.69, 9.17) is 0 Å². The molecule has 3 rings (SSSR count). The quantitative estimate of drug-likeness (QED) is 0.746. The van der Waals surface area contributed by atoms with Crippen LogP contribution in [0.25, 0.3) is 10.9 Å². The highest BCUT2D eigenvalue weighted by molar-refractivity contribution is 5.82. The standard InChI is InChI=1S/C19H20N2/c1-3-15-8-4-6-10-18(15)20-13-16-12-14(2)21-19-11-7-5-9-17(16)19/h4-12,20H,3,13H2,1-2H3. The lowest BCUT2D eigenvalue weighted by Gasteiger charge is -2.13. The van der Waals surface area contributed by atoms with Crippen LogP contribution < -0.4 is 5.32 Å². The zero-order chi connectivity index (χ0) is 14.7. The number of para-hydroxylation sites is 2. The van der Waals surface area contributed by atoms with Crippen LogP contribution in [0.5, 0.6) is 0 Å². The minimum Gasteiger partial charge on any atom is -0.381 e. The highest BCUT2D eigenvalue weighted by Gasteiger charge is 2.05. The summed E-state index contributed by atoms with van der Waals surface area (Å²) >= 11 is 0. The van der Waals surface area contributed by atoms with Crippen molar-refractivity contribution in [2.45, 2.75) is 26.8 Å². The van der Waals surface area contributed by atoms with Gasteiger partial charge in [0, 0.05) is 23.3 Å². The van der Waals surface area contributed by atoms with Gasteiger partial charge in [-0.15, -0.1) is 0 Å². The Hall–Kier alpha value is -2.35. The van der Waals surface area contributed by atoms with Gasteiger partial charge >= 0.3 is 0 Å². The first kappa shape index (κ1) is 13.6. The molecule has 0 atom stereocenters. The summed E-state index contributed by atoms with van der Waals surface area (Å²) < 4.78 is 0. The van der Waals surface area contributed by atoms with Gasteiger partial charge in [-0.25, -0.2) is 0 Å². The van der Waals surface area contributed by atoms with Gasteiger partial charge in [0.25, 0.3) is 0 Å². The molecule has 1 aromatic heterocycles. The average Bonchev–Trinajstić information content (AvgIpc) is 2.52. The second-order valence-corrected chi connectivity index (χ2v) is 5.30. The molecule has 2 nitrogen and oxygen atoms in total. The average molecular weight is 276 g/mol. The van der Waals surface area contributed by atoms with Crippen molar-refractivity contribution in [2.24, 2.45) is 0 Å². The molecule has 106 valence electrons. The number of fused-ring (bicyclic) bond motifs is 1. The van der Waals surface area contributed by atoms with Gasteiger partial charge in [-0.2, -0.15) is 0 Å². The lowest BCUT2D eigenvalue weighted by atomic mass is 10.1. The number of nitrogens with one attached hydrogen (secondary N) is 1. The summed E-state index contributed by atoms with van der Waals surface area (Å²) in [6.07, 6.45) is 1.04. The molecule has 0 radical (unpaired) electrons. The van der Waals surface area contributed by atoms with Gasteiger partial charge in [0.15, 0.2) is 0 Å². The molecule has 0 aliphatic heterocycles. The van der Waals surface area contributed by atoms with Crippen LogP contribution in [0.1, 0.15) is 23.7 Å². The van der Waals surface area contributed by atoms with Gasteiger partial charge in [-0.05, 0) is 42.7 Å². The lowest BCUT2D eigenvalue weighted by Crippen LogP contribution is -2.03. The topological polar surface area (TPSA) is 24.9 Å². The number of benzene rings is 2. The molecule has 0 bridgehead atoms. The van der Waals surface area contributed by atoms with Crippen LogP contribution in [-0.2, 0) is 13.0 Å². The number of hydrogen-bond acceptors (Lipinski definition) is 2. The zero-order valence-corrected chi connectivity index (χ0v) is 12.6. The minimum atomic E-state index is 0.820. The number of aryl methyl sites for hydroxylation is 2. The largest absolute Gasteiger partial charge is 0.381 e. The highest BCUT2D eigenvalue weighted by Crippen LogP contribution is 2.21. The third-order valence-corrected chi connectivity index (χ3v) is 3.80. The van der Waals surface area contributed by atoms with Crippen LogP contribution >= 0.6 is 0 Å². The van der Waals surface area contributed by atoms with E-state index in [9.17, 15) is 0 Å². The summed E-state index contributed by atoms with van der Waals surface area (Å²) in [5, 5.41) is 4.80. The van der Waals surface area contributed by atoms with Gasteiger partial charge in [-0.3, -0.25) is 4.98 Å². The summed E-state index contributed by atoms with van der Waals surface area (Å²) in [4.78, 5) is 4.60. The molecule has 0 unspecified atom stereocenters. The van der Waals surface area contributed by atoms with E-state index in [1.165, 1.54) is 22.2 Å². The Bertz CT molecular complexity index is 762. The lowest BCUT2D eigenvalue weighted by molar-refractivity contribution is 1.09. The Labute approximate surface area is 125 Å². The summed E-state index contributed by atoms with van der Waals surface area (Å²) in [6, 6.07) is 19.0. The maximum Gasteiger partial charge on any atom is 0.0708 e. The first-order chi connectivity index (χ1) is 10.3. The molecule has 2 aromatic carbocycles. The van der Waals surface area contributed by atoms with Crippen molar-refractivity contribution in [2.75, 3.05) is 5.32 Å². The molecule has 0 saturated carbocycles. The predicted octanol–water partition coefficient (Wildman–Crippen LogP) is 4.72. The fraction of sp³-hybridized carbons (Fsp3) is 0.211. The maximum absolute atomic E-state index is 4.60. The monoisotopic (exact) mass is 276 g/mol. The van der Waals surface area contributed by atoms with E-state index in [1.54, 1.807) is 0 Å². The van der Waals surface area contributed by atoms with Crippen molar-refractivity contribution < 1.29 is 0 Å². The molecule has 21 heavy (non-hydrogen) atoms. The SMILES string of the molecule is CCc1ccccc1NCc1cc(C)nc2ccccc12. The zero-order valence-electron chi connectivity index (χ0n) is 12.6. The van der Waals surface area contributed by atoms with Crippen molar-refractivity contribution in [3.63, 3.8) is 0 Å². The Balaban J connectivity index is 1.92. The smallest absolute Gasteiger partial charge is 0.0708 e. The van der Waals surface area contributed by atoms with Crippen LogP contribution in [-0.4, -0.2) is 4.98 Å². The van der Waals surface area contributed by atoms with E-state index in [1.807, 2.05) is 6.07 Å². The van der Waals surface area contributed by atoms with Gasteiger partial charge in [0.2, 0.25) is 0 Å². The summed E-state index contributed by atoms with van der Waals surface area (Å²) in [5.41, 5.74) is 6.00. The van der Waals surface area contributed by atoms with E-state index >= 15 is 0 Å². The molecule has 1 heterocycles. The second-order valence-electron chi connectivity index (χ2n) is 5.30. The fourth-order valence-electron chi connectivity index (χ4n) is 2.73. The molecular formula is C19H20N2. The van der Waals surface area contributed by atoms with Crippen molar-refractivity contribution in [1.82, 2.24) is 4.98 Å². The normalized spacial score (nSPS) is 10.8. The molecule has 3 aromatic rings. The van der Waals surface area contributed by atoms with Crippen LogP contribution in [0, 0.1) is 6.92 Å². The molecule has 0 fully saturated rings. The van der Waals surface area contributed by atoms with Crippen LogP contribution in [0.2, 0.25) is 0 Å².